The molecule has 1 N–H and O–H groups in total. The van der Waals surface area contributed by atoms with Crippen LogP contribution in [-0.4, -0.2) is 33.5 Å². The molecule has 0 spiro atoms. The Bertz CT molecular complexity index is 1220. The van der Waals surface area contributed by atoms with E-state index in [1.54, 1.807) is 23.6 Å². The first kappa shape index (κ1) is 18.2. The van der Waals surface area contributed by atoms with Crippen LogP contribution in [0.4, 0.5) is 5.82 Å². The number of hydrogen-bond donors (Lipinski definition) is 1. The van der Waals surface area contributed by atoms with Crippen molar-refractivity contribution in [2.45, 2.75) is 12.2 Å². The maximum atomic E-state index is 12.5. The van der Waals surface area contributed by atoms with Gasteiger partial charge in [0.1, 0.15) is 11.6 Å². The maximum Gasteiger partial charge on any atom is 0.235 e. The lowest BCUT2D eigenvalue weighted by Gasteiger charge is -2.15. The number of aromatic nitrogens is 3. The van der Waals surface area contributed by atoms with Crippen molar-refractivity contribution in [2.24, 2.45) is 0 Å². The third kappa shape index (κ3) is 3.18. The summed E-state index contributed by atoms with van der Waals surface area (Å²) in [5.41, 5.74) is 3.96. The SMILES string of the molecule is COc1ccc2nc(-n3nc(C)c4c3NC(=O)CSC4c3ccccc3)sc2c1. The van der Waals surface area contributed by atoms with Crippen LogP contribution < -0.4 is 10.1 Å². The van der Waals surface area contributed by atoms with E-state index in [0.717, 1.165) is 37.9 Å². The fraction of sp³-hybridized carbons (Fsp3) is 0.190. The molecular formula is C21H18N4O2S2. The Morgan fingerprint density at radius 2 is 2.03 bits per heavy atom. The monoisotopic (exact) mass is 422 g/mol. The molecule has 1 aliphatic heterocycles. The molecule has 146 valence electrons. The van der Waals surface area contributed by atoms with Gasteiger partial charge in [-0.15, -0.1) is 11.8 Å². The number of anilines is 1. The van der Waals surface area contributed by atoms with Crippen molar-refractivity contribution in [1.82, 2.24) is 14.8 Å². The Kier molecular flexibility index (Phi) is 4.52. The average Bonchev–Trinajstić information content (AvgIpc) is 3.24. The van der Waals surface area contributed by atoms with Crippen LogP contribution in [0.1, 0.15) is 22.1 Å². The van der Waals surface area contributed by atoms with Crippen molar-refractivity contribution in [3.05, 3.63) is 65.4 Å². The molecule has 5 rings (SSSR count). The smallest absolute Gasteiger partial charge is 0.235 e. The summed E-state index contributed by atoms with van der Waals surface area (Å²) in [4.78, 5) is 17.2. The second kappa shape index (κ2) is 7.20. The Labute approximate surface area is 175 Å². The van der Waals surface area contributed by atoms with E-state index in [1.807, 2.05) is 43.3 Å². The number of thiazole rings is 1. The van der Waals surface area contributed by atoms with E-state index >= 15 is 0 Å². The Hall–Kier alpha value is -2.84. The lowest BCUT2D eigenvalue weighted by atomic mass is 10.0. The van der Waals surface area contributed by atoms with Gasteiger partial charge in [0.15, 0.2) is 0 Å². The number of nitrogens with one attached hydrogen (secondary N) is 1. The number of methoxy groups -OCH3 is 1. The molecule has 0 radical (unpaired) electrons. The first-order valence-electron chi connectivity index (χ1n) is 9.15. The van der Waals surface area contributed by atoms with Crippen LogP contribution >= 0.6 is 23.1 Å². The van der Waals surface area contributed by atoms with Gasteiger partial charge in [-0.05, 0) is 30.7 Å². The van der Waals surface area contributed by atoms with Crippen LogP contribution in [0, 0.1) is 6.92 Å². The summed E-state index contributed by atoms with van der Waals surface area (Å²) in [6, 6.07) is 16.0. The molecule has 29 heavy (non-hydrogen) atoms. The third-order valence-corrected chi connectivity index (χ3v) is 7.14. The molecule has 0 saturated carbocycles. The summed E-state index contributed by atoms with van der Waals surface area (Å²) in [5.74, 6) is 1.86. The number of carbonyl (C=O) groups excluding carboxylic acids is 1. The van der Waals surface area contributed by atoms with Crippen LogP contribution in [0.15, 0.2) is 48.5 Å². The molecule has 6 nitrogen and oxygen atoms in total. The summed E-state index contributed by atoms with van der Waals surface area (Å²) in [6.45, 7) is 1.99. The van der Waals surface area contributed by atoms with Gasteiger partial charge in [-0.2, -0.15) is 9.78 Å². The molecule has 0 fully saturated rings. The van der Waals surface area contributed by atoms with Crippen LogP contribution in [0.3, 0.4) is 0 Å². The highest BCUT2D eigenvalue weighted by molar-refractivity contribution is 8.00. The van der Waals surface area contributed by atoms with Gasteiger partial charge < -0.3 is 10.1 Å². The lowest BCUT2D eigenvalue weighted by Crippen LogP contribution is -2.15. The van der Waals surface area contributed by atoms with Gasteiger partial charge in [0.05, 0.1) is 34.0 Å². The minimum Gasteiger partial charge on any atom is -0.497 e. The van der Waals surface area contributed by atoms with E-state index in [2.05, 4.69) is 17.4 Å². The minimum absolute atomic E-state index is 0.0291. The number of carbonyl (C=O) groups is 1. The number of benzene rings is 2. The molecule has 1 atom stereocenters. The van der Waals surface area contributed by atoms with E-state index < -0.39 is 0 Å². The van der Waals surface area contributed by atoms with Crippen LogP contribution in [0.25, 0.3) is 15.3 Å². The van der Waals surface area contributed by atoms with Crippen molar-refractivity contribution in [2.75, 3.05) is 18.2 Å². The molecule has 8 heteroatoms. The molecule has 0 saturated heterocycles. The highest BCUT2D eigenvalue weighted by Gasteiger charge is 2.31. The Morgan fingerprint density at radius 3 is 2.83 bits per heavy atom. The predicted molar refractivity (Wildman–Crippen MR) is 117 cm³/mol. The van der Waals surface area contributed by atoms with Crippen molar-refractivity contribution in [3.63, 3.8) is 0 Å². The number of ether oxygens (including phenoxy) is 1. The van der Waals surface area contributed by atoms with E-state index in [4.69, 9.17) is 14.8 Å². The van der Waals surface area contributed by atoms with Gasteiger partial charge in [-0.25, -0.2) is 4.98 Å². The van der Waals surface area contributed by atoms with E-state index in [-0.39, 0.29) is 11.2 Å². The summed E-state index contributed by atoms with van der Waals surface area (Å²) in [7, 11) is 1.65. The molecule has 1 unspecified atom stereocenters. The zero-order valence-corrected chi connectivity index (χ0v) is 17.5. The number of amides is 1. The van der Waals surface area contributed by atoms with Gasteiger partial charge in [-0.3, -0.25) is 4.79 Å². The van der Waals surface area contributed by atoms with Crippen LogP contribution in [0.2, 0.25) is 0 Å². The number of rotatable bonds is 3. The molecule has 3 heterocycles. The summed E-state index contributed by atoms with van der Waals surface area (Å²) in [6.07, 6.45) is 0. The first-order chi connectivity index (χ1) is 14.1. The van der Waals surface area contributed by atoms with Crippen LogP contribution in [-0.2, 0) is 4.79 Å². The number of fused-ring (bicyclic) bond motifs is 2. The van der Waals surface area contributed by atoms with Crippen molar-refractivity contribution >= 4 is 45.0 Å². The molecule has 0 aliphatic carbocycles. The zero-order chi connectivity index (χ0) is 20.0. The van der Waals surface area contributed by atoms with Gasteiger partial charge in [-0.1, -0.05) is 41.7 Å². The fourth-order valence-electron chi connectivity index (χ4n) is 3.52. The third-order valence-electron chi connectivity index (χ3n) is 4.88. The molecule has 1 aliphatic rings. The molecule has 0 bridgehead atoms. The molecule has 2 aromatic heterocycles. The fourth-order valence-corrected chi connectivity index (χ4v) is 5.66. The maximum absolute atomic E-state index is 12.5. The number of nitrogens with zero attached hydrogens (tertiary/aromatic N) is 3. The summed E-state index contributed by atoms with van der Waals surface area (Å²) in [5, 5.41) is 8.57. The molecule has 1 amide bonds. The highest BCUT2D eigenvalue weighted by Crippen LogP contribution is 2.44. The lowest BCUT2D eigenvalue weighted by molar-refractivity contribution is -0.113. The minimum atomic E-state index is -0.0291. The van der Waals surface area contributed by atoms with Gasteiger partial charge >= 0.3 is 0 Å². The second-order valence-electron chi connectivity index (χ2n) is 6.74. The normalized spacial score (nSPS) is 16.3. The number of aryl methyl sites for hydroxylation is 1. The zero-order valence-electron chi connectivity index (χ0n) is 15.9. The van der Waals surface area contributed by atoms with E-state index in [0.29, 0.717) is 11.6 Å². The van der Waals surface area contributed by atoms with Gasteiger partial charge in [0.25, 0.3) is 0 Å². The highest BCUT2D eigenvalue weighted by atomic mass is 32.2. The number of thioether (sulfide) groups is 1. The predicted octanol–water partition coefficient (Wildman–Crippen LogP) is 4.57. The molecular weight excluding hydrogens is 404 g/mol. The Balaban J connectivity index is 1.67. The van der Waals surface area contributed by atoms with E-state index in [1.165, 1.54) is 11.3 Å². The summed E-state index contributed by atoms with van der Waals surface area (Å²) < 4.78 is 8.10. The Morgan fingerprint density at radius 1 is 1.21 bits per heavy atom. The van der Waals surface area contributed by atoms with Gasteiger partial charge in [0.2, 0.25) is 11.0 Å². The van der Waals surface area contributed by atoms with Crippen molar-refractivity contribution < 1.29 is 9.53 Å². The largest absolute Gasteiger partial charge is 0.497 e. The second-order valence-corrected chi connectivity index (χ2v) is 8.84. The van der Waals surface area contributed by atoms with Crippen molar-refractivity contribution in [3.8, 4) is 10.9 Å². The standard InChI is InChI=1S/C21H18N4O2S2/c1-12-18-19(13-6-4-3-5-7-13)28-11-17(26)23-20(18)25(24-12)21-22-15-9-8-14(27-2)10-16(15)29-21/h3-10,19H,11H2,1-2H3,(H,23,26). The van der Waals surface area contributed by atoms with E-state index in [9.17, 15) is 4.79 Å². The topological polar surface area (TPSA) is 69.0 Å². The van der Waals surface area contributed by atoms with Crippen LogP contribution in [0.5, 0.6) is 5.75 Å². The number of hydrogen-bond acceptors (Lipinski definition) is 6. The molecule has 2 aromatic carbocycles. The summed E-state index contributed by atoms with van der Waals surface area (Å²) >= 11 is 3.14. The van der Waals surface area contributed by atoms with Gasteiger partial charge in [0, 0.05) is 5.56 Å². The first-order valence-corrected chi connectivity index (χ1v) is 11.0. The quantitative estimate of drug-likeness (QED) is 0.524. The average molecular weight is 423 g/mol. The van der Waals surface area contributed by atoms with Crippen molar-refractivity contribution in [1.29, 1.82) is 0 Å². The molecule has 4 aromatic rings.